The van der Waals surface area contributed by atoms with Crippen molar-refractivity contribution in [2.45, 2.75) is 13.5 Å². The van der Waals surface area contributed by atoms with Crippen LogP contribution in [0.2, 0.25) is 0 Å². The third-order valence-electron chi connectivity index (χ3n) is 4.78. The molecule has 0 aliphatic rings. The average molecular weight is 449 g/mol. The van der Waals surface area contributed by atoms with Crippen molar-refractivity contribution in [3.05, 3.63) is 78.4 Å². The standard InChI is InChI=1S/C25H24N2O4S/c1-3-30-21-12-13-22-23(15-21)32-25(26-22)27(16-18-8-5-4-6-9-18)24(28)17-31-20-11-7-10-19(14-20)29-2/h4-15H,3,16-17H2,1-2H3. The molecule has 0 unspecified atom stereocenters. The number of anilines is 1. The molecule has 3 aromatic carbocycles. The molecule has 0 radical (unpaired) electrons. The fourth-order valence-corrected chi connectivity index (χ4v) is 4.22. The molecule has 6 nitrogen and oxygen atoms in total. The minimum absolute atomic E-state index is 0.111. The Morgan fingerprint density at radius 1 is 0.938 bits per heavy atom. The average Bonchev–Trinajstić information content (AvgIpc) is 3.25. The van der Waals surface area contributed by atoms with Gasteiger partial charge in [-0.05, 0) is 42.8 Å². The molecular weight excluding hydrogens is 424 g/mol. The highest BCUT2D eigenvalue weighted by Crippen LogP contribution is 2.32. The Hall–Kier alpha value is -3.58. The van der Waals surface area contributed by atoms with Gasteiger partial charge in [0.1, 0.15) is 17.2 Å². The van der Waals surface area contributed by atoms with E-state index in [-0.39, 0.29) is 12.5 Å². The molecule has 4 aromatic rings. The number of benzene rings is 3. The molecule has 164 valence electrons. The van der Waals surface area contributed by atoms with E-state index in [1.807, 2.05) is 67.6 Å². The Bertz CT molecular complexity index is 1190. The molecule has 1 amide bonds. The van der Waals surface area contributed by atoms with Crippen LogP contribution < -0.4 is 19.1 Å². The summed E-state index contributed by atoms with van der Waals surface area (Å²) in [6.45, 7) is 2.84. The van der Waals surface area contributed by atoms with Crippen molar-refractivity contribution in [2.75, 3.05) is 25.2 Å². The number of carbonyl (C=O) groups excluding carboxylic acids is 1. The second-order valence-corrected chi connectivity index (χ2v) is 8.00. The molecule has 0 saturated heterocycles. The Morgan fingerprint density at radius 3 is 2.50 bits per heavy atom. The van der Waals surface area contributed by atoms with Gasteiger partial charge < -0.3 is 14.2 Å². The van der Waals surface area contributed by atoms with Crippen molar-refractivity contribution >= 4 is 32.6 Å². The van der Waals surface area contributed by atoms with Crippen LogP contribution in [0.5, 0.6) is 17.2 Å². The zero-order valence-corrected chi connectivity index (χ0v) is 18.8. The highest BCUT2D eigenvalue weighted by Gasteiger charge is 2.21. The quantitative estimate of drug-likeness (QED) is 0.347. The van der Waals surface area contributed by atoms with Crippen LogP contribution >= 0.6 is 11.3 Å². The van der Waals surface area contributed by atoms with Gasteiger partial charge in [0.25, 0.3) is 5.91 Å². The minimum Gasteiger partial charge on any atom is -0.497 e. The molecule has 4 rings (SSSR count). The Balaban J connectivity index is 1.59. The highest BCUT2D eigenvalue weighted by atomic mass is 32.1. The van der Waals surface area contributed by atoms with E-state index in [0.717, 1.165) is 21.5 Å². The number of fused-ring (bicyclic) bond motifs is 1. The topological polar surface area (TPSA) is 60.9 Å². The van der Waals surface area contributed by atoms with Crippen LogP contribution in [0, 0.1) is 0 Å². The molecule has 0 aliphatic heterocycles. The lowest BCUT2D eigenvalue weighted by molar-refractivity contribution is -0.120. The molecule has 1 heterocycles. The van der Waals surface area contributed by atoms with Crippen molar-refractivity contribution in [1.29, 1.82) is 0 Å². The molecular formula is C25H24N2O4S. The van der Waals surface area contributed by atoms with Crippen LogP contribution in [0.1, 0.15) is 12.5 Å². The number of aromatic nitrogens is 1. The Kier molecular flexibility index (Phi) is 6.87. The van der Waals surface area contributed by atoms with Gasteiger partial charge in [0, 0.05) is 6.07 Å². The summed E-state index contributed by atoms with van der Waals surface area (Å²) in [5.74, 6) is 1.86. The third-order valence-corrected chi connectivity index (χ3v) is 5.82. The first-order valence-electron chi connectivity index (χ1n) is 10.3. The van der Waals surface area contributed by atoms with Crippen molar-refractivity contribution < 1.29 is 19.0 Å². The molecule has 0 N–H and O–H groups in total. The number of nitrogens with zero attached hydrogens (tertiary/aromatic N) is 2. The third kappa shape index (κ3) is 5.18. The zero-order valence-electron chi connectivity index (χ0n) is 18.0. The van der Waals surface area contributed by atoms with Gasteiger partial charge in [-0.25, -0.2) is 4.98 Å². The van der Waals surface area contributed by atoms with Crippen LogP contribution in [0.4, 0.5) is 5.13 Å². The molecule has 0 aliphatic carbocycles. The van der Waals surface area contributed by atoms with Crippen LogP contribution in [0.25, 0.3) is 10.2 Å². The van der Waals surface area contributed by atoms with Gasteiger partial charge >= 0.3 is 0 Å². The summed E-state index contributed by atoms with van der Waals surface area (Å²) >= 11 is 1.46. The monoisotopic (exact) mass is 448 g/mol. The number of ether oxygens (including phenoxy) is 3. The van der Waals surface area contributed by atoms with Crippen LogP contribution in [0.15, 0.2) is 72.8 Å². The fraction of sp³-hybridized carbons (Fsp3) is 0.200. The smallest absolute Gasteiger partial charge is 0.267 e. The SMILES string of the molecule is CCOc1ccc2nc(N(Cc3ccccc3)C(=O)COc3cccc(OC)c3)sc2c1. The number of thiazole rings is 1. The van der Waals surface area contributed by atoms with Crippen molar-refractivity contribution in [2.24, 2.45) is 0 Å². The Labute approximate surface area is 191 Å². The number of amides is 1. The molecule has 0 spiro atoms. The van der Waals surface area contributed by atoms with Crippen LogP contribution in [-0.4, -0.2) is 31.2 Å². The van der Waals surface area contributed by atoms with E-state index >= 15 is 0 Å². The molecule has 7 heteroatoms. The second-order valence-electron chi connectivity index (χ2n) is 6.99. The summed E-state index contributed by atoms with van der Waals surface area (Å²) in [6.07, 6.45) is 0. The van der Waals surface area contributed by atoms with E-state index in [9.17, 15) is 4.79 Å². The van der Waals surface area contributed by atoms with E-state index in [2.05, 4.69) is 0 Å². The van der Waals surface area contributed by atoms with E-state index in [4.69, 9.17) is 19.2 Å². The predicted molar refractivity (Wildman–Crippen MR) is 127 cm³/mol. The minimum atomic E-state index is -0.180. The van der Waals surface area contributed by atoms with E-state index in [0.29, 0.717) is 29.8 Å². The van der Waals surface area contributed by atoms with Crippen molar-refractivity contribution in [3.63, 3.8) is 0 Å². The van der Waals surface area contributed by atoms with Gasteiger partial charge in [0.2, 0.25) is 0 Å². The van der Waals surface area contributed by atoms with Gasteiger partial charge in [-0.1, -0.05) is 47.7 Å². The lowest BCUT2D eigenvalue weighted by Crippen LogP contribution is -2.34. The number of hydrogen-bond acceptors (Lipinski definition) is 6. The normalized spacial score (nSPS) is 10.7. The predicted octanol–water partition coefficient (Wildman–Crippen LogP) is 5.32. The molecule has 32 heavy (non-hydrogen) atoms. The van der Waals surface area contributed by atoms with Crippen LogP contribution in [0.3, 0.4) is 0 Å². The van der Waals surface area contributed by atoms with Gasteiger partial charge in [-0.2, -0.15) is 0 Å². The van der Waals surface area contributed by atoms with Gasteiger partial charge in [0.05, 0.1) is 30.5 Å². The molecule has 0 saturated carbocycles. The maximum absolute atomic E-state index is 13.2. The summed E-state index contributed by atoms with van der Waals surface area (Å²) in [4.78, 5) is 19.6. The number of hydrogen-bond donors (Lipinski definition) is 0. The summed E-state index contributed by atoms with van der Waals surface area (Å²) in [7, 11) is 1.59. The summed E-state index contributed by atoms with van der Waals surface area (Å²) in [5, 5.41) is 0.622. The molecule has 0 bridgehead atoms. The van der Waals surface area contributed by atoms with Gasteiger partial charge in [0.15, 0.2) is 11.7 Å². The Morgan fingerprint density at radius 2 is 1.72 bits per heavy atom. The fourth-order valence-electron chi connectivity index (χ4n) is 3.21. The van der Waals surface area contributed by atoms with Gasteiger partial charge in [-0.15, -0.1) is 0 Å². The van der Waals surface area contributed by atoms with Crippen molar-refractivity contribution in [1.82, 2.24) is 4.98 Å². The van der Waals surface area contributed by atoms with Crippen molar-refractivity contribution in [3.8, 4) is 17.2 Å². The summed E-state index contributed by atoms with van der Waals surface area (Å²) in [5.41, 5.74) is 1.84. The van der Waals surface area contributed by atoms with E-state index < -0.39 is 0 Å². The lowest BCUT2D eigenvalue weighted by Gasteiger charge is -2.20. The maximum Gasteiger partial charge on any atom is 0.267 e. The number of methoxy groups -OCH3 is 1. The zero-order chi connectivity index (χ0) is 22.3. The second kappa shape index (κ2) is 10.2. The molecule has 1 aromatic heterocycles. The first-order chi connectivity index (χ1) is 15.7. The first-order valence-corrected chi connectivity index (χ1v) is 11.1. The summed E-state index contributed by atoms with van der Waals surface area (Å²) in [6, 6.07) is 22.8. The number of carbonyl (C=O) groups is 1. The molecule has 0 fully saturated rings. The highest BCUT2D eigenvalue weighted by molar-refractivity contribution is 7.22. The largest absolute Gasteiger partial charge is 0.497 e. The van der Waals surface area contributed by atoms with E-state index in [1.54, 1.807) is 24.1 Å². The maximum atomic E-state index is 13.2. The van der Waals surface area contributed by atoms with Crippen LogP contribution in [-0.2, 0) is 11.3 Å². The van der Waals surface area contributed by atoms with Gasteiger partial charge in [-0.3, -0.25) is 9.69 Å². The lowest BCUT2D eigenvalue weighted by atomic mass is 10.2. The summed E-state index contributed by atoms with van der Waals surface area (Å²) < 4.78 is 17.6. The van der Waals surface area contributed by atoms with E-state index in [1.165, 1.54) is 11.3 Å². The molecule has 0 atom stereocenters. The first kappa shape index (κ1) is 21.6. The number of rotatable bonds is 9.